The van der Waals surface area contributed by atoms with Crippen molar-refractivity contribution in [1.29, 1.82) is 0 Å². The lowest BCUT2D eigenvalue weighted by molar-refractivity contribution is -0.130. The summed E-state index contributed by atoms with van der Waals surface area (Å²) >= 11 is 0. The molecule has 0 aromatic carbocycles. The summed E-state index contributed by atoms with van der Waals surface area (Å²) in [5.74, 6) is 0. The molecule has 0 radical (unpaired) electrons. The summed E-state index contributed by atoms with van der Waals surface area (Å²) < 4.78 is 41.1. The van der Waals surface area contributed by atoms with Crippen molar-refractivity contribution in [2.24, 2.45) is 0 Å². The molecule has 1 aliphatic heterocycles. The van der Waals surface area contributed by atoms with Crippen molar-refractivity contribution in [1.82, 2.24) is 0 Å². The molecule has 2 atom stereocenters. The zero-order valence-electron chi connectivity index (χ0n) is 8.44. The van der Waals surface area contributed by atoms with Gasteiger partial charge < -0.3 is 4.74 Å². The van der Waals surface area contributed by atoms with Crippen LogP contribution in [0.2, 0.25) is 11.6 Å². The van der Waals surface area contributed by atoms with Crippen LogP contribution in [0.25, 0.3) is 0 Å². The lowest BCUT2D eigenvalue weighted by atomic mass is 10.1. The molecule has 2 unspecified atom stereocenters. The quantitative estimate of drug-likeness (QED) is 0.672. The molecular weight excluding hydrogens is 209 g/mol. The highest BCUT2D eigenvalue weighted by atomic mass is 28.2. The summed E-state index contributed by atoms with van der Waals surface area (Å²) in [4.78, 5) is 0. The van der Waals surface area contributed by atoms with Crippen LogP contribution in [-0.2, 0) is 4.74 Å². The van der Waals surface area contributed by atoms with Gasteiger partial charge >= 0.3 is 6.18 Å². The standard InChI is InChI=1S/C9H17F3OSi/c1-7-8(3-2-5-13-7)14-6-4-9(10,11)12/h7-8H,2-6,14H2,1H3. The monoisotopic (exact) mass is 226 g/mol. The van der Waals surface area contributed by atoms with Crippen LogP contribution in [-0.4, -0.2) is 28.4 Å². The number of alkyl halides is 3. The average Bonchev–Trinajstić information content (AvgIpc) is 2.06. The van der Waals surface area contributed by atoms with Gasteiger partial charge in [-0.2, -0.15) is 13.2 Å². The first kappa shape index (κ1) is 12.0. The fourth-order valence-corrected chi connectivity index (χ4v) is 4.24. The number of rotatable bonds is 3. The summed E-state index contributed by atoms with van der Waals surface area (Å²) in [6.45, 7) is 2.77. The molecule has 1 fully saturated rings. The van der Waals surface area contributed by atoms with Crippen LogP contribution in [0.15, 0.2) is 0 Å². The first-order chi connectivity index (χ1) is 6.49. The van der Waals surface area contributed by atoms with Crippen molar-refractivity contribution in [3.05, 3.63) is 0 Å². The minimum Gasteiger partial charge on any atom is -0.379 e. The van der Waals surface area contributed by atoms with Crippen molar-refractivity contribution in [2.45, 2.75) is 50.1 Å². The smallest absolute Gasteiger partial charge is 0.379 e. The highest BCUT2D eigenvalue weighted by Gasteiger charge is 2.28. The molecule has 0 bridgehead atoms. The SMILES string of the molecule is CC1OCCCC1[SiH2]CCC(F)(F)F. The van der Waals surface area contributed by atoms with Crippen molar-refractivity contribution >= 4 is 9.52 Å². The van der Waals surface area contributed by atoms with Gasteiger partial charge in [-0.3, -0.25) is 0 Å². The number of halogens is 3. The van der Waals surface area contributed by atoms with E-state index in [0.29, 0.717) is 11.6 Å². The molecule has 0 N–H and O–H groups in total. The zero-order valence-corrected chi connectivity index (χ0v) is 9.85. The molecule has 5 heteroatoms. The third kappa shape index (κ3) is 4.46. The molecule has 0 aromatic heterocycles. The molecule has 1 nitrogen and oxygen atoms in total. The third-order valence-corrected chi connectivity index (χ3v) is 5.37. The van der Waals surface area contributed by atoms with E-state index in [1.165, 1.54) is 0 Å². The van der Waals surface area contributed by atoms with Gasteiger partial charge in [-0.05, 0) is 25.3 Å². The minimum absolute atomic E-state index is 0.198. The Hall–Kier alpha value is -0.0331. The van der Waals surface area contributed by atoms with E-state index < -0.39 is 22.1 Å². The van der Waals surface area contributed by atoms with E-state index in [2.05, 4.69) is 0 Å². The second-order valence-corrected chi connectivity index (χ2v) is 6.32. The van der Waals surface area contributed by atoms with Gasteiger partial charge in [-0.25, -0.2) is 0 Å². The number of hydrogen-bond acceptors (Lipinski definition) is 1. The third-order valence-electron chi connectivity index (χ3n) is 2.80. The maximum Gasteiger partial charge on any atom is 0.388 e. The molecule has 0 saturated carbocycles. The normalized spacial score (nSPS) is 30.0. The van der Waals surface area contributed by atoms with Crippen molar-refractivity contribution in [3.63, 3.8) is 0 Å². The summed E-state index contributed by atoms with van der Waals surface area (Å²) in [6.07, 6.45) is -2.27. The lowest BCUT2D eigenvalue weighted by Crippen LogP contribution is -2.26. The Kier molecular flexibility index (Phi) is 4.44. The van der Waals surface area contributed by atoms with Gasteiger partial charge in [0.05, 0.1) is 6.10 Å². The van der Waals surface area contributed by atoms with Gasteiger partial charge in [0.25, 0.3) is 0 Å². The molecule has 0 amide bonds. The van der Waals surface area contributed by atoms with E-state index in [1.807, 2.05) is 6.92 Å². The van der Waals surface area contributed by atoms with Crippen LogP contribution >= 0.6 is 0 Å². The molecular formula is C9H17F3OSi. The Bertz CT molecular complexity index is 172. The molecule has 0 aromatic rings. The topological polar surface area (TPSA) is 9.23 Å². The van der Waals surface area contributed by atoms with Gasteiger partial charge in [-0.15, -0.1) is 0 Å². The second kappa shape index (κ2) is 5.16. The molecule has 0 aliphatic carbocycles. The first-order valence-corrected chi connectivity index (χ1v) is 6.99. The number of hydrogen-bond donors (Lipinski definition) is 0. The van der Waals surface area contributed by atoms with E-state index in [1.54, 1.807) is 0 Å². The maximum atomic E-state index is 11.9. The molecule has 14 heavy (non-hydrogen) atoms. The minimum atomic E-state index is -3.97. The van der Waals surface area contributed by atoms with Crippen LogP contribution < -0.4 is 0 Å². The molecule has 0 spiro atoms. The summed E-state index contributed by atoms with van der Waals surface area (Å²) in [6, 6.07) is 0.377. The van der Waals surface area contributed by atoms with Crippen molar-refractivity contribution in [3.8, 4) is 0 Å². The van der Waals surface area contributed by atoms with Crippen LogP contribution in [0.5, 0.6) is 0 Å². The maximum absolute atomic E-state index is 11.9. The fourth-order valence-electron chi connectivity index (χ4n) is 1.93. The fraction of sp³-hybridized carbons (Fsp3) is 1.00. The van der Waals surface area contributed by atoms with Crippen LogP contribution in [0.1, 0.15) is 26.2 Å². The van der Waals surface area contributed by atoms with Crippen LogP contribution in [0.4, 0.5) is 13.2 Å². The van der Waals surface area contributed by atoms with Crippen LogP contribution in [0.3, 0.4) is 0 Å². The van der Waals surface area contributed by atoms with Gasteiger partial charge in [-0.1, -0.05) is 6.04 Å². The first-order valence-electron chi connectivity index (χ1n) is 5.17. The van der Waals surface area contributed by atoms with E-state index in [-0.39, 0.29) is 6.10 Å². The van der Waals surface area contributed by atoms with Gasteiger partial charge in [0.1, 0.15) is 0 Å². The summed E-state index contributed by atoms with van der Waals surface area (Å²) in [7, 11) is -0.607. The molecule has 84 valence electrons. The largest absolute Gasteiger partial charge is 0.388 e. The number of ether oxygens (including phenoxy) is 1. The average molecular weight is 226 g/mol. The molecule has 1 aliphatic rings. The van der Waals surface area contributed by atoms with Crippen molar-refractivity contribution in [2.75, 3.05) is 6.61 Å². The van der Waals surface area contributed by atoms with Gasteiger partial charge in [0.2, 0.25) is 0 Å². The Morgan fingerprint density at radius 1 is 1.43 bits per heavy atom. The van der Waals surface area contributed by atoms with Crippen molar-refractivity contribution < 1.29 is 17.9 Å². The van der Waals surface area contributed by atoms with Gasteiger partial charge in [0, 0.05) is 22.5 Å². The second-order valence-electron chi connectivity index (χ2n) is 3.99. The Labute approximate surface area is 84.8 Å². The highest BCUT2D eigenvalue weighted by molar-refractivity contribution is 6.37. The zero-order chi connectivity index (χ0) is 10.6. The van der Waals surface area contributed by atoms with E-state index >= 15 is 0 Å². The van der Waals surface area contributed by atoms with E-state index in [4.69, 9.17) is 4.74 Å². The predicted octanol–water partition coefficient (Wildman–Crippen LogP) is 2.51. The van der Waals surface area contributed by atoms with E-state index in [9.17, 15) is 13.2 Å². The Balaban J connectivity index is 2.17. The molecule has 1 rings (SSSR count). The predicted molar refractivity (Wildman–Crippen MR) is 52.4 cm³/mol. The summed E-state index contributed by atoms with van der Waals surface area (Å²) in [5, 5.41) is 0. The Morgan fingerprint density at radius 2 is 2.14 bits per heavy atom. The molecule has 1 saturated heterocycles. The Morgan fingerprint density at radius 3 is 2.71 bits per heavy atom. The molecule has 1 heterocycles. The van der Waals surface area contributed by atoms with Crippen LogP contribution in [0, 0.1) is 0 Å². The summed E-state index contributed by atoms with van der Waals surface area (Å²) in [5.41, 5.74) is 0.464. The van der Waals surface area contributed by atoms with Gasteiger partial charge in [0.15, 0.2) is 0 Å². The lowest BCUT2D eigenvalue weighted by Gasteiger charge is -2.28. The highest BCUT2D eigenvalue weighted by Crippen LogP contribution is 2.28. The van der Waals surface area contributed by atoms with E-state index in [0.717, 1.165) is 19.4 Å².